The second-order valence-corrected chi connectivity index (χ2v) is 3.71. The van der Waals surface area contributed by atoms with Crippen molar-refractivity contribution in [2.45, 2.75) is 12.5 Å². The fraction of sp³-hybridized carbons (Fsp3) is 0.417. The maximum absolute atomic E-state index is 13.2. The van der Waals surface area contributed by atoms with E-state index in [9.17, 15) is 8.78 Å². The van der Waals surface area contributed by atoms with Gasteiger partial charge in [-0.05, 0) is 19.5 Å². The van der Waals surface area contributed by atoms with Gasteiger partial charge in [0.1, 0.15) is 12.4 Å². The minimum Gasteiger partial charge on any atom is -0.489 e. The highest BCUT2D eigenvalue weighted by Gasteiger charge is 2.22. The summed E-state index contributed by atoms with van der Waals surface area (Å²) in [5.74, 6) is -0.978. The SMILES string of the molecule is CNC1COc2c(F)cc(F)cc2C1.COC=O. The fourth-order valence-corrected chi connectivity index (χ4v) is 1.62. The summed E-state index contributed by atoms with van der Waals surface area (Å²) in [5, 5.41) is 3.01. The van der Waals surface area contributed by atoms with Gasteiger partial charge in [0.25, 0.3) is 6.47 Å². The lowest BCUT2D eigenvalue weighted by molar-refractivity contribution is -0.126. The molecule has 6 heteroatoms. The van der Waals surface area contributed by atoms with E-state index in [2.05, 4.69) is 10.1 Å². The number of carbonyl (C=O) groups is 1. The molecule has 1 aliphatic heterocycles. The minimum atomic E-state index is -0.616. The average Bonchev–Trinajstić information content (AvgIpc) is 2.38. The van der Waals surface area contributed by atoms with E-state index in [4.69, 9.17) is 9.53 Å². The maximum atomic E-state index is 13.2. The lowest BCUT2D eigenvalue weighted by Crippen LogP contribution is -2.37. The van der Waals surface area contributed by atoms with Crippen molar-refractivity contribution in [3.8, 4) is 5.75 Å². The maximum Gasteiger partial charge on any atom is 0.292 e. The highest BCUT2D eigenvalue weighted by molar-refractivity contribution is 5.37. The lowest BCUT2D eigenvalue weighted by Gasteiger charge is -2.25. The Kier molecular flexibility index (Phi) is 5.51. The van der Waals surface area contributed by atoms with Gasteiger partial charge in [-0.3, -0.25) is 4.79 Å². The number of benzene rings is 1. The number of carbonyl (C=O) groups excluding carboxylic acids is 1. The van der Waals surface area contributed by atoms with Crippen LogP contribution in [-0.2, 0) is 16.0 Å². The highest BCUT2D eigenvalue weighted by atomic mass is 19.1. The number of fused-ring (bicyclic) bond motifs is 1. The monoisotopic (exact) mass is 259 g/mol. The van der Waals surface area contributed by atoms with E-state index >= 15 is 0 Å². The van der Waals surface area contributed by atoms with Gasteiger partial charge in [-0.2, -0.15) is 0 Å². The number of hydrogen-bond donors (Lipinski definition) is 1. The van der Waals surface area contributed by atoms with E-state index in [0.717, 1.165) is 6.07 Å². The van der Waals surface area contributed by atoms with Crippen molar-refractivity contribution in [1.29, 1.82) is 0 Å². The normalized spacial score (nSPS) is 16.8. The molecule has 1 N–H and O–H groups in total. The molecule has 1 heterocycles. The lowest BCUT2D eigenvalue weighted by atomic mass is 10.0. The van der Waals surface area contributed by atoms with Gasteiger partial charge in [0.2, 0.25) is 0 Å². The van der Waals surface area contributed by atoms with Crippen LogP contribution < -0.4 is 10.1 Å². The molecule has 0 bridgehead atoms. The second kappa shape index (κ2) is 6.90. The molecule has 1 atom stereocenters. The van der Waals surface area contributed by atoms with Crippen LogP contribution in [-0.4, -0.2) is 33.3 Å². The minimum absolute atomic E-state index is 0.128. The average molecular weight is 259 g/mol. The Morgan fingerprint density at radius 3 is 2.72 bits per heavy atom. The first-order chi connectivity index (χ1) is 8.62. The van der Waals surface area contributed by atoms with Gasteiger partial charge in [0.15, 0.2) is 11.6 Å². The van der Waals surface area contributed by atoms with E-state index in [0.29, 0.717) is 25.1 Å². The van der Waals surface area contributed by atoms with E-state index in [1.165, 1.54) is 13.2 Å². The van der Waals surface area contributed by atoms with Crippen LogP contribution in [0.15, 0.2) is 12.1 Å². The van der Waals surface area contributed by atoms with Crippen molar-refractivity contribution in [2.24, 2.45) is 0 Å². The Hall–Kier alpha value is -1.69. The van der Waals surface area contributed by atoms with Crippen molar-refractivity contribution in [2.75, 3.05) is 20.8 Å². The summed E-state index contributed by atoms with van der Waals surface area (Å²) < 4.78 is 35.1. The number of likely N-dealkylation sites (N-methyl/N-ethyl adjacent to an activating group) is 1. The van der Waals surface area contributed by atoms with Gasteiger partial charge in [0, 0.05) is 17.7 Å². The van der Waals surface area contributed by atoms with E-state index in [-0.39, 0.29) is 11.8 Å². The Labute approximate surface area is 104 Å². The van der Waals surface area contributed by atoms with Gasteiger partial charge in [-0.25, -0.2) is 8.78 Å². The molecule has 100 valence electrons. The van der Waals surface area contributed by atoms with Gasteiger partial charge in [-0.15, -0.1) is 0 Å². The number of ether oxygens (including phenoxy) is 2. The molecule has 1 unspecified atom stereocenters. The fourth-order valence-electron chi connectivity index (χ4n) is 1.62. The molecule has 4 nitrogen and oxygen atoms in total. The predicted octanol–water partition coefficient (Wildman–Crippen LogP) is 1.28. The third kappa shape index (κ3) is 3.66. The Morgan fingerprint density at radius 1 is 1.50 bits per heavy atom. The molecule has 1 aromatic carbocycles. The zero-order chi connectivity index (χ0) is 13.5. The van der Waals surface area contributed by atoms with E-state index < -0.39 is 11.6 Å². The zero-order valence-electron chi connectivity index (χ0n) is 10.2. The third-order valence-electron chi connectivity index (χ3n) is 2.48. The highest BCUT2D eigenvalue weighted by Crippen LogP contribution is 2.28. The molecular weight excluding hydrogens is 244 g/mol. The van der Waals surface area contributed by atoms with Crippen LogP contribution in [0.1, 0.15) is 5.56 Å². The molecular formula is C12H15F2NO3. The van der Waals surface area contributed by atoms with Crippen molar-refractivity contribution >= 4 is 6.47 Å². The first kappa shape index (κ1) is 14.4. The van der Waals surface area contributed by atoms with E-state index in [1.807, 2.05) is 0 Å². The molecule has 0 aliphatic carbocycles. The van der Waals surface area contributed by atoms with Crippen molar-refractivity contribution in [3.05, 3.63) is 29.3 Å². The Bertz CT molecular complexity index is 413. The molecule has 0 fully saturated rings. The van der Waals surface area contributed by atoms with Gasteiger partial charge >= 0.3 is 0 Å². The zero-order valence-corrected chi connectivity index (χ0v) is 10.2. The van der Waals surface area contributed by atoms with Crippen molar-refractivity contribution < 1.29 is 23.0 Å². The van der Waals surface area contributed by atoms with Crippen LogP contribution in [0, 0.1) is 11.6 Å². The summed E-state index contributed by atoms with van der Waals surface area (Å²) in [6.45, 7) is 0.798. The van der Waals surface area contributed by atoms with Crippen LogP contribution in [0.2, 0.25) is 0 Å². The molecule has 2 rings (SSSR count). The van der Waals surface area contributed by atoms with Gasteiger partial charge in [0.05, 0.1) is 7.11 Å². The number of halogens is 2. The molecule has 0 spiro atoms. The quantitative estimate of drug-likeness (QED) is 0.813. The molecule has 0 radical (unpaired) electrons. The number of nitrogens with one attached hydrogen (secondary N) is 1. The Balaban J connectivity index is 0.000000357. The predicted molar refractivity (Wildman–Crippen MR) is 61.5 cm³/mol. The first-order valence-electron chi connectivity index (χ1n) is 5.36. The van der Waals surface area contributed by atoms with Crippen LogP contribution in [0.4, 0.5) is 8.78 Å². The first-order valence-corrected chi connectivity index (χ1v) is 5.36. The molecule has 18 heavy (non-hydrogen) atoms. The molecule has 0 amide bonds. The third-order valence-corrected chi connectivity index (χ3v) is 2.48. The van der Waals surface area contributed by atoms with Crippen molar-refractivity contribution in [3.63, 3.8) is 0 Å². The van der Waals surface area contributed by atoms with Crippen LogP contribution in [0.25, 0.3) is 0 Å². The van der Waals surface area contributed by atoms with Gasteiger partial charge in [-0.1, -0.05) is 0 Å². The smallest absolute Gasteiger partial charge is 0.292 e. The summed E-state index contributed by atoms with van der Waals surface area (Å²) in [5.41, 5.74) is 0.591. The second-order valence-electron chi connectivity index (χ2n) is 3.71. The molecule has 0 saturated carbocycles. The summed E-state index contributed by atoms with van der Waals surface area (Å²) in [4.78, 5) is 8.95. The summed E-state index contributed by atoms with van der Waals surface area (Å²) in [6, 6.07) is 2.30. The number of hydrogen-bond acceptors (Lipinski definition) is 4. The van der Waals surface area contributed by atoms with Crippen LogP contribution in [0.3, 0.4) is 0 Å². The molecule has 0 aromatic heterocycles. The van der Waals surface area contributed by atoms with Crippen molar-refractivity contribution in [1.82, 2.24) is 5.32 Å². The Morgan fingerprint density at radius 2 is 2.17 bits per heavy atom. The summed E-state index contributed by atoms with van der Waals surface area (Å²) in [6.07, 6.45) is 0.598. The van der Waals surface area contributed by atoms with Crippen LogP contribution >= 0.6 is 0 Å². The summed E-state index contributed by atoms with van der Waals surface area (Å²) >= 11 is 0. The number of rotatable bonds is 2. The summed E-state index contributed by atoms with van der Waals surface area (Å²) in [7, 11) is 3.11. The number of methoxy groups -OCH3 is 1. The van der Waals surface area contributed by atoms with E-state index in [1.54, 1.807) is 7.05 Å². The largest absolute Gasteiger partial charge is 0.489 e. The molecule has 1 aliphatic rings. The topological polar surface area (TPSA) is 47.6 Å². The molecule has 0 saturated heterocycles. The van der Waals surface area contributed by atoms with Crippen LogP contribution in [0.5, 0.6) is 5.75 Å². The molecule has 1 aromatic rings. The standard InChI is InChI=1S/C10H11F2NO.C2H4O2/c1-13-8-3-6-2-7(11)4-9(12)10(6)14-5-8;1-4-2-3/h2,4,8,13H,3,5H2,1H3;2H,1H3. The van der Waals surface area contributed by atoms with Gasteiger partial charge < -0.3 is 14.8 Å².